The van der Waals surface area contributed by atoms with E-state index in [9.17, 15) is 8.42 Å². The first-order chi connectivity index (χ1) is 15.5. The smallest absolute Gasteiger partial charge is 0.208 e. The first kappa shape index (κ1) is 20.2. The van der Waals surface area contributed by atoms with Crippen LogP contribution in [-0.4, -0.2) is 27.2 Å². The van der Waals surface area contributed by atoms with Crippen LogP contribution in [0.15, 0.2) is 101 Å². The number of hydrogen-bond acceptors (Lipinski definition) is 4. The number of fused-ring (bicyclic) bond motifs is 3. The van der Waals surface area contributed by atoms with Crippen molar-refractivity contribution in [2.75, 3.05) is 14.2 Å². The molecule has 0 N–H and O–H groups in total. The zero-order chi connectivity index (χ0) is 22.3. The van der Waals surface area contributed by atoms with E-state index in [1.165, 1.54) is 0 Å². The highest BCUT2D eigenvalue weighted by molar-refractivity contribution is 7.91. The maximum absolute atomic E-state index is 13.6. The van der Waals surface area contributed by atoms with Crippen LogP contribution in [0.5, 0.6) is 11.5 Å². The lowest BCUT2D eigenvalue weighted by molar-refractivity contribution is 0.415. The molecule has 0 aliphatic carbocycles. The van der Waals surface area contributed by atoms with Crippen LogP contribution in [0, 0.1) is 0 Å². The monoisotopic (exact) mass is 443 g/mol. The predicted octanol–water partition coefficient (Wildman–Crippen LogP) is 5.63. The highest BCUT2D eigenvalue weighted by Gasteiger charge is 2.24. The number of benzene rings is 4. The summed E-state index contributed by atoms with van der Waals surface area (Å²) in [6.45, 7) is 0. The van der Waals surface area contributed by atoms with Crippen LogP contribution in [0.2, 0.25) is 0 Å². The molecule has 0 amide bonds. The van der Waals surface area contributed by atoms with Crippen LogP contribution in [-0.2, 0) is 9.84 Å². The van der Waals surface area contributed by atoms with E-state index >= 15 is 0 Å². The van der Waals surface area contributed by atoms with E-state index in [1.54, 1.807) is 56.7 Å². The summed E-state index contributed by atoms with van der Waals surface area (Å²) < 4.78 is 40.0. The van der Waals surface area contributed by atoms with Crippen LogP contribution in [0.4, 0.5) is 0 Å². The number of aromatic nitrogens is 1. The highest BCUT2D eigenvalue weighted by Crippen LogP contribution is 2.38. The molecule has 0 atom stereocenters. The molecule has 5 nitrogen and oxygen atoms in total. The van der Waals surface area contributed by atoms with Crippen molar-refractivity contribution < 1.29 is 17.9 Å². The summed E-state index contributed by atoms with van der Waals surface area (Å²) in [6, 6.07) is 27.2. The van der Waals surface area contributed by atoms with Gasteiger partial charge < -0.3 is 14.0 Å². The van der Waals surface area contributed by atoms with Crippen molar-refractivity contribution in [3.63, 3.8) is 0 Å². The van der Waals surface area contributed by atoms with Gasteiger partial charge in [0.25, 0.3) is 0 Å². The van der Waals surface area contributed by atoms with Crippen molar-refractivity contribution in [2.45, 2.75) is 9.79 Å². The Labute approximate surface area is 186 Å². The second kappa shape index (κ2) is 7.73. The lowest BCUT2D eigenvalue weighted by atomic mass is 10.1. The summed E-state index contributed by atoms with van der Waals surface area (Å²) >= 11 is 0. The Kier molecular flexibility index (Phi) is 4.87. The van der Waals surface area contributed by atoms with Gasteiger partial charge in [0.1, 0.15) is 11.5 Å². The second-order valence-electron chi connectivity index (χ2n) is 7.39. The molecule has 0 unspecified atom stereocenters. The molecule has 1 heterocycles. The second-order valence-corrected chi connectivity index (χ2v) is 9.30. The quantitative estimate of drug-likeness (QED) is 0.353. The minimum Gasteiger partial charge on any atom is -0.497 e. The maximum atomic E-state index is 13.6. The number of para-hydroxylation sites is 1. The van der Waals surface area contributed by atoms with Gasteiger partial charge in [-0.3, -0.25) is 0 Å². The van der Waals surface area contributed by atoms with E-state index in [0.717, 1.165) is 33.3 Å². The van der Waals surface area contributed by atoms with Crippen LogP contribution >= 0.6 is 0 Å². The molecule has 0 aliphatic heterocycles. The fourth-order valence-electron chi connectivity index (χ4n) is 4.09. The Morgan fingerprint density at radius 3 is 1.75 bits per heavy atom. The summed E-state index contributed by atoms with van der Waals surface area (Å²) in [7, 11) is -0.474. The third-order valence-corrected chi connectivity index (χ3v) is 7.45. The van der Waals surface area contributed by atoms with Crippen LogP contribution in [0.1, 0.15) is 0 Å². The van der Waals surface area contributed by atoms with Crippen LogP contribution in [0.25, 0.3) is 27.5 Å². The van der Waals surface area contributed by atoms with Gasteiger partial charge in [-0.1, -0.05) is 30.3 Å². The van der Waals surface area contributed by atoms with Gasteiger partial charge in [-0.05, 0) is 60.7 Å². The molecule has 4 aromatic carbocycles. The first-order valence-electron chi connectivity index (χ1n) is 10.1. The summed E-state index contributed by atoms with van der Waals surface area (Å²) in [6.07, 6.45) is 0. The number of hydrogen-bond donors (Lipinski definition) is 0. The average Bonchev–Trinajstić information content (AvgIpc) is 3.17. The van der Waals surface area contributed by atoms with Gasteiger partial charge >= 0.3 is 0 Å². The molecule has 0 aliphatic rings. The molecular weight excluding hydrogens is 422 g/mol. The summed E-state index contributed by atoms with van der Waals surface area (Å²) in [5.74, 6) is 1.45. The zero-order valence-electron chi connectivity index (χ0n) is 17.6. The Morgan fingerprint density at radius 2 is 1.19 bits per heavy atom. The molecule has 0 saturated carbocycles. The predicted molar refractivity (Wildman–Crippen MR) is 126 cm³/mol. The Bertz CT molecular complexity index is 1490. The molecule has 160 valence electrons. The third-order valence-electron chi connectivity index (χ3n) is 5.63. The Balaban J connectivity index is 1.87. The first-order valence-corrected chi connectivity index (χ1v) is 11.6. The molecule has 6 heteroatoms. The standard InChI is InChI=1S/C26H21NO4S/c1-30-18-12-14-23-21(16-18)22-17-19(31-2)13-15-24(22)27(23)25-10-6-7-11-26(25)32(28,29)20-8-4-3-5-9-20/h3-17H,1-2H3. The van der Waals surface area contributed by atoms with Gasteiger partial charge in [0, 0.05) is 10.8 Å². The highest BCUT2D eigenvalue weighted by atomic mass is 32.2. The summed E-state index contributed by atoms with van der Waals surface area (Å²) in [5.41, 5.74) is 2.35. The third kappa shape index (κ3) is 3.11. The summed E-state index contributed by atoms with van der Waals surface area (Å²) in [4.78, 5) is 0.508. The lowest BCUT2D eigenvalue weighted by Gasteiger charge is -2.14. The summed E-state index contributed by atoms with van der Waals surface area (Å²) in [5, 5.41) is 1.90. The van der Waals surface area contributed by atoms with E-state index in [2.05, 4.69) is 0 Å². The van der Waals surface area contributed by atoms with Gasteiger partial charge in [0.2, 0.25) is 9.84 Å². The molecule has 1 aromatic heterocycles. The van der Waals surface area contributed by atoms with Gasteiger partial charge in [-0.2, -0.15) is 0 Å². The topological polar surface area (TPSA) is 57.5 Å². The Morgan fingerprint density at radius 1 is 0.656 bits per heavy atom. The molecule has 0 spiro atoms. The number of nitrogens with zero attached hydrogens (tertiary/aromatic N) is 1. The van der Waals surface area contributed by atoms with E-state index < -0.39 is 9.84 Å². The molecule has 5 rings (SSSR count). The van der Waals surface area contributed by atoms with Crippen LogP contribution < -0.4 is 9.47 Å². The van der Waals surface area contributed by atoms with E-state index in [-0.39, 0.29) is 9.79 Å². The van der Waals surface area contributed by atoms with Crippen molar-refractivity contribution in [3.8, 4) is 17.2 Å². The fourth-order valence-corrected chi connectivity index (χ4v) is 5.55. The molecular formula is C26H21NO4S. The van der Waals surface area contributed by atoms with Crippen molar-refractivity contribution in [2.24, 2.45) is 0 Å². The Hall–Kier alpha value is -3.77. The van der Waals surface area contributed by atoms with E-state index in [4.69, 9.17) is 9.47 Å². The molecule has 0 fully saturated rings. The number of sulfone groups is 1. The molecule has 0 bridgehead atoms. The average molecular weight is 444 g/mol. The lowest BCUT2D eigenvalue weighted by Crippen LogP contribution is -2.07. The normalized spacial score (nSPS) is 11.7. The van der Waals surface area contributed by atoms with Crippen LogP contribution in [0.3, 0.4) is 0 Å². The van der Waals surface area contributed by atoms with Crippen molar-refractivity contribution in [1.29, 1.82) is 0 Å². The van der Waals surface area contributed by atoms with Gasteiger partial charge in [0.05, 0.1) is 40.7 Å². The van der Waals surface area contributed by atoms with E-state index in [0.29, 0.717) is 5.69 Å². The van der Waals surface area contributed by atoms with Crippen molar-refractivity contribution >= 4 is 31.6 Å². The molecule has 0 saturated heterocycles. The van der Waals surface area contributed by atoms with Gasteiger partial charge in [0.15, 0.2) is 0 Å². The maximum Gasteiger partial charge on any atom is 0.208 e. The minimum absolute atomic E-state index is 0.247. The number of methoxy groups -OCH3 is 2. The fraction of sp³-hybridized carbons (Fsp3) is 0.0769. The number of rotatable bonds is 5. The largest absolute Gasteiger partial charge is 0.497 e. The van der Waals surface area contributed by atoms with E-state index in [1.807, 2.05) is 53.1 Å². The van der Waals surface area contributed by atoms with Gasteiger partial charge in [-0.25, -0.2) is 8.42 Å². The molecule has 5 aromatic rings. The molecule has 0 radical (unpaired) electrons. The SMILES string of the molecule is COc1ccc2c(c1)c1cc(OC)ccc1n2-c1ccccc1S(=O)(=O)c1ccccc1. The minimum atomic E-state index is -3.73. The van der Waals surface area contributed by atoms with Gasteiger partial charge in [-0.15, -0.1) is 0 Å². The number of ether oxygens (including phenoxy) is 2. The molecule has 32 heavy (non-hydrogen) atoms. The van der Waals surface area contributed by atoms with Crippen molar-refractivity contribution in [1.82, 2.24) is 4.57 Å². The van der Waals surface area contributed by atoms with Crippen molar-refractivity contribution in [3.05, 3.63) is 91.0 Å². The zero-order valence-corrected chi connectivity index (χ0v) is 18.5.